The summed E-state index contributed by atoms with van der Waals surface area (Å²) >= 11 is 0. The van der Waals surface area contributed by atoms with Crippen LogP contribution < -0.4 is 5.32 Å². The van der Waals surface area contributed by atoms with Gasteiger partial charge in [0, 0.05) is 76.3 Å². The van der Waals surface area contributed by atoms with Gasteiger partial charge in [-0.25, -0.2) is 9.97 Å². The van der Waals surface area contributed by atoms with Crippen molar-refractivity contribution in [2.75, 3.05) is 25.5 Å². The monoisotopic (exact) mass is 551 g/mol. The first-order valence-electron chi connectivity index (χ1n) is 13.8. The molecule has 0 aromatic carbocycles. The second-order valence-corrected chi connectivity index (χ2v) is 10.5. The van der Waals surface area contributed by atoms with Crippen molar-refractivity contribution in [3.8, 4) is 22.5 Å². The van der Waals surface area contributed by atoms with E-state index in [0.717, 1.165) is 83.9 Å². The van der Waals surface area contributed by atoms with E-state index in [9.17, 15) is 4.79 Å². The minimum Gasteiger partial charge on any atom is -0.343 e. The molecule has 1 atom stereocenters. The third-order valence-electron chi connectivity index (χ3n) is 7.88. The molecule has 1 amide bonds. The van der Waals surface area contributed by atoms with E-state index in [4.69, 9.17) is 15.5 Å². The van der Waals surface area contributed by atoms with E-state index in [1.165, 1.54) is 6.21 Å². The second kappa shape index (κ2) is 11.0. The minimum atomic E-state index is -0.255. The molecule has 12 heteroatoms. The summed E-state index contributed by atoms with van der Waals surface area (Å²) in [7, 11) is 3.64. The predicted molar refractivity (Wildman–Crippen MR) is 157 cm³/mol. The Morgan fingerprint density at radius 2 is 2.00 bits per heavy atom. The fraction of sp³-hybridized carbons (Fsp3) is 0.379. The normalized spacial score (nSPS) is 15.9. The molecule has 4 aromatic rings. The molecule has 5 heterocycles. The van der Waals surface area contributed by atoms with Crippen LogP contribution in [0.25, 0.3) is 22.5 Å². The molecule has 1 fully saturated rings. The fourth-order valence-electron chi connectivity index (χ4n) is 5.74. The maximum Gasteiger partial charge on any atom is 0.227 e. The molecule has 41 heavy (non-hydrogen) atoms. The molecule has 6 rings (SSSR count). The Labute approximate surface area is 238 Å². The molecule has 2 N–H and O–H groups in total. The van der Waals surface area contributed by atoms with Crippen molar-refractivity contribution in [2.24, 2.45) is 12.0 Å². The molecule has 1 saturated heterocycles. The summed E-state index contributed by atoms with van der Waals surface area (Å²) in [6.45, 7) is 3.12. The summed E-state index contributed by atoms with van der Waals surface area (Å²) in [6.07, 6.45) is 13.9. The highest BCUT2D eigenvalue weighted by molar-refractivity contribution is 5.89. The number of aromatic nitrogens is 7. The van der Waals surface area contributed by atoms with Crippen LogP contribution in [-0.2, 0) is 24.7 Å². The van der Waals surface area contributed by atoms with Gasteiger partial charge < -0.3 is 15.6 Å². The van der Waals surface area contributed by atoms with Gasteiger partial charge in [0.25, 0.3) is 0 Å². The van der Waals surface area contributed by atoms with Gasteiger partial charge in [0.2, 0.25) is 11.9 Å². The van der Waals surface area contributed by atoms with Crippen LogP contribution in [0.5, 0.6) is 0 Å². The van der Waals surface area contributed by atoms with Crippen LogP contribution in [0.3, 0.4) is 0 Å². The highest BCUT2D eigenvalue weighted by Crippen LogP contribution is 2.39. The van der Waals surface area contributed by atoms with Crippen LogP contribution in [0.1, 0.15) is 48.7 Å². The first-order valence-corrected chi connectivity index (χ1v) is 13.8. The predicted octanol–water partition coefficient (Wildman–Crippen LogP) is 3.59. The van der Waals surface area contributed by atoms with E-state index >= 15 is 0 Å². The molecular formula is C29H33N11O. The van der Waals surface area contributed by atoms with Crippen LogP contribution in [-0.4, -0.2) is 77.9 Å². The molecule has 0 spiro atoms. The van der Waals surface area contributed by atoms with Crippen molar-refractivity contribution in [3.63, 3.8) is 0 Å². The largest absolute Gasteiger partial charge is 0.343 e. The zero-order chi connectivity index (χ0) is 28.5. The van der Waals surface area contributed by atoms with Gasteiger partial charge in [-0.3, -0.25) is 24.1 Å². The number of aryl methyl sites for hydroxylation is 3. The van der Waals surface area contributed by atoms with Crippen molar-refractivity contribution >= 4 is 30.0 Å². The lowest BCUT2D eigenvalue weighted by atomic mass is 9.91. The minimum absolute atomic E-state index is 0.127. The maximum atomic E-state index is 11.7. The van der Waals surface area contributed by atoms with Gasteiger partial charge in [0.05, 0.1) is 46.6 Å². The van der Waals surface area contributed by atoms with Crippen molar-refractivity contribution in [1.29, 1.82) is 5.41 Å². The van der Waals surface area contributed by atoms with Gasteiger partial charge >= 0.3 is 0 Å². The van der Waals surface area contributed by atoms with Gasteiger partial charge in [-0.15, -0.1) is 0 Å². The number of piperidine rings is 1. The van der Waals surface area contributed by atoms with E-state index in [1.54, 1.807) is 26.4 Å². The number of hydrogen-bond donors (Lipinski definition) is 2. The first-order chi connectivity index (χ1) is 19.9. The van der Waals surface area contributed by atoms with Crippen molar-refractivity contribution < 1.29 is 4.79 Å². The molecule has 4 aromatic heterocycles. The number of amides is 1. The summed E-state index contributed by atoms with van der Waals surface area (Å²) < 4.78 is 3.87. The van der Waals surface area contributed by atoms with Crippen LogP contribution >= 0.6 is 0 Å². The van der Waals surface area contributed by atoms with Crippen LogP contribution in [0.15, 0.2) is 41.9 Å². The molecule has 0 radical (unpaired) electrons. The standard InChI is InChI=1S/C29H33N11O/c1-18(41)39-10-8-23(9-11-39)40-17-22(16-34-40)35-29-33-14-19-4-7-25-26(27(19)36-29)28(38(3)37-25)20-5-6-24(32-15-20)21(12-30)13-31-2/h5-6,12-17,21,23,30H,4,7-11H2,1-3H3,(H,33,35,36). The SMILES string of the molecule is CN=CC(C=N)c1ccc(-c2c3c(nn2C)CCc2cnc(Nc4cnn(C5CCN(C(C)=O)CC5)c4)nc2-3)cn1. The Bertz CT molecular complexity index is 1610. The van der Waals surface area contributed by atoms with E-state index in [1.807, 2.05) is 52.0 Å². The van der Waals surface area contributed by atoms with E-state index in [0.29, 0.717) is 5.95 Å². The molecule has 12 nitrogen and oxygen atoms in total. The molecule has 2 aliphatic rings. The summed E-state index contributed by atoms with van der Waals surface area (Å²) in [6, 6.07) is 4.21. The Morgan fingerprint density at radius 3 is 2.71 bits per heavy atom. The van der Waals surface area contributed by atoms with Gasteiger partial charge in [0.1, 0.15) is 0 Å². The summed E-state index contributed by atoms with van der Waals surface area (Å²) in [5.41, 5.74) is 7.42. The zero-order valence-electron chi connectivity index (χ0n) is 23.4. The Kier molecular flexibility index (Phi) is 7.12. The topological polar surface area (TPSA) is 143 Å². The van der Waals surface area contributed by atoms with E-state index in [2.05, 4.69) is 25.4 Å². The molecule has 0 saturated carbocycles. The summed E-state index contributed by atoms with van der Waals surface area (Å²) in [4.78, 5) is 31.8. The van der Waals surface area contributed by atoms with Crippen LogP contribution in [0.4, 0.5) is 11.6 Å². The molecule has 1 unspecified atom stereocenters. The van der Waals surface area contributed by atoms with Gasteiger partial charge in [-0.05, 0) is 43.4 Å². The first kappa shape index (κ1) is 26.5. The van der Waals surface area contributed by atoms with Crippen LogP contribution in [0.2, 0.25) is 0 Å². The number of likely N-dealkylation sites (tertiary alicyclic amines) is 1. The van der Waals surface area contributed by atoms with Crippen molar-refractivity contribution in [2.45, 2.75) is 44.6 Å². The smallest absolute Gasteiger partial charge is 0.227 e. The number of fused-ring (bicyclic) bond motifs is 3. The molecule has 0 bridgehead atoms. The summed E-state index contributed by atoms with van der Waals surface area (Å²) in [5, 5.41) is 20.4. The lowest BCUT2D eigenvalue weighted by Gasteiger charge is -2.31. The van der Waals surface area contributed by atoms with Crippen molar-refractivity contribution in [3.05, 3.63) is 53.9 Å². The zero-order valence-corrected chi connectivity index (χ0v) is 23.4. The molecular weight excluding hydrogens is 518 g/mol. The highest BCUT2D eigenvalue weighted by atomic mass is 16.2. The maximum absolute atomic E-state index is 11.7. The molecule has 210 valence electrons. The number of anilines is 2. The number of carbonyl (C=O) groups excluding carboxylic acids is 1. The third kappa shape index (κ3) is 5.12. The number of carbonyl (C=O) groups is 1. The number of aliphatic imine (C=N–C) groups is 1. The highest BCUT2D eigenvalue weighted by Gasteiger charge is 2.28. The van der Waals surface area contributed by atoms with Gasteiger partial charge in [-0.1, -0.05) is 0 Å². The molecule has 1 aliphatic heterocycles. The number of nitrogens with one attached hydrogen (secondary N) is 2. The average molecular weight is 552 g/mol. The fourth-order valence-corrected chi connectivity index (χ4v) is 5.74. The quantitative estimate of drug-likeness (QED) is 0.334. The summed E-state index contributed by atoms with van der Waals surface area (Å²) in [5.74, 6) is 0.371. The van der Waals surface area contributed by atoms with Gasteiger partial charge in [0.15, 0.2) is 0 Å². The Hall–Kier alpha value is -4.74. The number of pyridine rings is 1. The van der Waals surface area contributed by atoms with Crippen molar-refractivity contribution in [1.82, 2.24) is 39.4 Å². The lowest BCUT2D eigenvalue weighted by molar-refractivity contribution is -0.130. The van der Waals surface area contributed by atoms with E-state index < -0.39 is 0 Å². The third-order valence-corrected chi connectivity index (χ3v) is 7.88. The van der Waals surface area contributed by atoms with Gasteiger partial charge in [-0.2, -0.15) is 10.2 Å². The number of hydrogen-bond acceptors (Lipinski definition) is 9. The van der Waals surface area contributed by atoms with E-state index in [-0.39, 0.29) is 17.9 Å². The average Bonchev–Trinajstić information content (AvgIpc) is 3.60. The number of nitrogens with zero attached hydrogens (tertiary/aromatic N) is 9. The van der Waals surface area contributed by atoms with Crippen LogP contribution in [0, 0.1) is 5.41 Å². The molecule has 1 aliphatic carbocycles. The Balaban J connectivity index is 1.26. The number of rotatable bonds is 7. The Morgan fingerprint density at radius 1 is 1.17 bits per heavy atom. The second-order valence-electron chi connectivity index (χ2n) is 10.5. The lowest BCUT2D eigenvalue weighted by Crippen LogP contribution is -2.37.